The molecule has 1 saturated heterocycles. The van der Waals surface area contributed by atoms with Crippen LogP contribution in [0.15, 0.2) is 18.3 Å². The van der Waals surface area contributed by atoms with Crippen molar-refractivity contribution in [3.63, 3.8) is 0 Å². The fraction of sp³-hybridized carbons (Fsp3) is 0.667. The number of nitrogens with one attached hydrogen (secondary N) is 1. The van der Waals surface area contributed by atoms with Crippen LogP contribution in [0.25, 0.3) is 0 Å². The molecule has 2 fully saturated rings. The number of halogens is 1. The summed E-state index contributed by atoms with van der Waals surface area (Å²) in [5, 5.41) is 4.13. The van der Waals surface area contributed by atoms with Gasteiger partial charge in [0.1, 0.15) is 5.15 Å². The molecule has 1 aromatic rings. The fourth-order valence-corrected chi connectivity index (χ4v) is 3.83. The first-order chi connectivity index (χ1) is 9.36. The maximum Gasteiger partial charge on any atom is 0.133 e. The number of hydrogen-bond donors (Lipinski definition) is 1. The smallest absolute Gasteiger partial charge is 0.133 e. The molecule has 1 N–H and O–H groups in total. The molecule has 0 unspecified atom stereocenters. The zero-order valence-electron chi connectivity index (χ0n) is 11.3. The maximum atomic E-state index is 6.36. The second kappa shape index (κ2) is 6.21. The van der Waals surface area contributed by atoms with E-state index in [1.807, 2.05) is 6.07 Å². The molecule has 0 bridgehead atoms. The number of aromatic nitrogens is 1. The van der Waals surface area contributed by atoms with Crippen LogP contribution in [-0.2, 0) is 0 Å². The molecule has 1 aliphatic heterocycles. The number of nitrogens with zero attached hydrogens (tertiary/aromatic N) is 2. The van der Waals surface area contributed by atoms with Gasteiger partial charge in [-0.05, 0) is 24.8 Å². The molecule has 3 rings (SSSR count). The average Bonchev–Trinajstić information content (AvgIpc) is 2.96. The van der Waals surface area contributed by atoms with Crippen molar-refractivity contribution in [3.05, 3.63) is 29.0 Å². The van der Waals surface area contributed by atoms with Crippen molar-refractivity contribution in [3.8, 4) is 0 Å². The topological polar surface area (TPSA) is 28.2 Å². The highest BCUT2D eigenvalue weighted by atomic mass is 35.5. The van der Waals surface area contributed by atoms with E-state index in [0.29, 0.717) is 11.2 Å². The summed E-state index contributed by atoms with van der Waals surface area (Å²) in [6.45, 7) is 4.40. The molecule has 1 atom stereocenters. The van der Waals surface area contributed by atoms with Crippen LogP contribution in [0.3, 0.4) is 0 Å². The van der Waals surface area contributed by atoms with E-state index >= 15 is 0 Å². The summed E-state index contributed by atoms with van der Waals surface area (Å²) in [4.78, 5) is 6.90. The summed E-state index contributed by atoms with van der Waals surface area (Å²) < 4.78 is 0. The van der Waals surface area contributed by atoms with Crippen LogP contribution >= 0.6 is 11.6 Å². The third-order valence-electron chi connectivity index (χ3n) is 4.50. The zero-order chi connectivity index (χ0) is 13.1. The van der Waals surface area contributed by atoms with Crippen molar-refractivity contribution in [2.75, 3.05) is 26.2 Å². The van der Waals surface area contributed by atoms with E-state index < -0.39 is 0 Å². The molecule has 0 radical (unpaired) electrons. The molecule has 1 aromatic heterocycles. The second-order valence-electron chi connectivity index (χ2n) is 5.66. The molecule has 0 spiro atoms. The lowest BCUT2D eigenvalue weighted by Crippen LogP contribution is -2.46. The highest BCUT2D eigenvalue weighted by Crippen LogP contribution is 2.41. The summed E-state index contributed by atoms with van der Waals surface area (Å²) in [7, 11) is 0. The van der Waals surface area contributed by atoms with Crippen LogP contribution in [0.5, 0.6) is 0 Å². The van der Waals surface area contributed by atoms with Gasteiger partial charge in [-0.3, -0.25) is 4.90 Å². The Bertz CT molecular complexity index is 412. The molecular weight excluding hydrogens is 258 g/mol. The Balaban J connectivity index is 1.88. The van der Waals surface area contributed by atoms with Gasteiger partial charge in [0.25, 0.3) is 0 Å². The van der Waals surface area contributed by atoms with Gasteiger partial charge >= 0.3 is 0 Å². The van der Waals surface area contributed by atoms with Gasteiger partial charge in [-0.1, -0.05) is 30.5 Å². The molecule has 2 aliphatic rings. The minimum atomic E-state index is 0.464. The molecule has 1 saturated carbocycles. The van der Waals surface area contributed by atoms with Crippen molar-refractivity contribution in [2.24, 2.45) is 5.92 Å². The summed E-state index contributed by atoms with van der Waals surface area (Å²) in [5.41, 5.74) is 1.23. The van der Waals surface area contributed by atoms with Gasteiger partial charge < -0.3 is 5.32 Å². The molecule has 104 valence electrons. The minimum absolute atomic E-state index is 0.464. The maximum absolute atomic E-state index is 6.36. The Morgan fingerprint density at radius 2 is 2.00 bits per heavy atom. The normalized spacial score (nSPS) is 23.6. The lowest BCUT2D eigenvalue weighted by atomic mass is 9.90. The van der Waals surface area contributed by atoms with E-state index in [-0.39, 0.29) is 0 Å². The quantitative estimate of drug-likeness (QED) is 0.863. The molecule has 4 heteroatoms. The molecule has 3 nitrogen and oxygen atoms in total. The van der Waals surface area contributed by atoms with Crippen molar-refractivity contribution in [1.82, 2.24) is 15.2 Å². The van der Waals surface area contributed by atoms with Gasteiger partial charge in [0.05, 0.1) is 0 Å². The number of rotatable bonds is 3. The van der Waals surface area contributed by atoms with Crippen LogP contribution in [0.2, 0.25) is 5.15 Å². The summed E-state index contributed by atoms with van der Waals surface area (Å²) in [6.07, 6.45) is 7.19. The number of pyridine rings is 1. The van der Waals surface area contributed by atoms with E-state index in [1.165, 1.54) is 31.2 Å². The van der Waals surface area contributed by atoms with Crippen molar-refractivity contribution in [2.45, 2.75) is 31.7 Å². The summed E-state index contributed by atoms with van der Waals surface area (Å²) in [6, 6.07) is 4.65. The predicted octanol–water partition coefficient (Wildman–Crippen LogP) is 2.87. The van der Waals surface area contributed by atoms with E-state index in [4.69, 9.17) is 11.6 Å². The lowest BCUT2D eigenvalue weighted by molar-refractivity contribution is 0.125. The molecule has 19 heavy (non-hydrogen) atoms. The van der Waals surface area contributed by atoms with Crippen LogP contribution < -0.4 is 5.32 Å². The Kier molecular flexibility index (Phi) is 4.36. The monoisotopic (exact) mass is 279 g/mol. The molecule has 2 heterocycles. The first-order valence-electron chi connectivity index (χ1n) is 7.41. The molecule has 1 aliphatic carbocycles. The van der Waals surface area contributed by atoms with Gasteiger partial charge in [0, 0.05) is 44.0 Å². The molecule has 0 amide bonds. The Morgan fingerprint density at radius 1 is 1.26 bits per heavy atom. The lowest BCUT2D eigenvalue weighted by Gasteiger charge is -2.38. The minimum Gasteiger partial charge on any atom is -0.314 e. The molecular formula is C15H22ClN3. The standard InChI is InChI=1S/C15H22ClN3/c16-15-13(6-3-7-18-15)14(12-4-1-2-5-12)19-10-8-17-9-11-19/h3,6-7,12,14,17H,1-2,4-5,8-11H2/t14-/m0/s1. The predicted molar refractivity (Wildman–Crippen MR) is 78.4 cm³/mol. The third-order valence-corrected chi connectivity index (χ3v) is 4.81. The van der Waals surface area contributed by atoms with E-state index in [1.54, 1.807) is 6.20 Å². The van der Waals surface area contributed by atoms with Gasteiger partial charge in [-0.2, -0.15) is 0 Å². The highest BCUT2D eigenvalue weighted by molar-refractivity contribution is 6.30. The van der Waals surface area contributed by atoms with Crippen molar-refractivity contribution >= 4 is 11.6 Å². The van der Waals surface area contributed by atoms with Crippen LogP contribution in [0.4, 0.5) is 0 Å². The first kappa shape index (κ1) is 13.3. The van der Waals surface area contributed by atoms with Gasteiger partial charge in [0.2, 0.25) is 0 Å². The second-order valence-corrected chi connectivity index (χ2v) is 6.02. The van der Waals surface area contributed by atoms with Crippen LogP contribution in [0.1, 0.15) is 37.3 Å². The Hall–Kier alpha value is -0.640. The SMILES string of the molecule is Clc1ncccc1[C@H](C1CCCC1)N1CCNCC1. The third kappa shape index (κ3) is 2.93. The molecule has 0 aromatic carbocycles. The number of hydrogen-bond acceptors (Lipinski definition) is 3. The summed E-state index contributed by atoms with van der Waals surface area (Å²) in [5.74, 6) is 0.750. The van der Waals surface area contributed by atoms with Crippen molar-refractivity contribution in [1.29, 1.82) is 0 Å². The van der Waals surface area contributed by atoms with E-state index in [2.05, 4.69) is 21.3 Å². The largest absolute Gasteiger partial charge is 0.314 e. The van der Waals surface area contributed by atoms with Crippen LogP contribution in [-0.4, -0.2) is 36.1 Å². The fourth-order valence-electron chi connectivity index (χ4n) is 3.60. The van der Waals surface area contributed by atoms with Crippen LogP contribution in [0, 0.1) is 5.92 Å². The summed E-state index contributed by atoms with van der Waals surface area (Å²) >= 11 is 6.36. The number of piperazine rings is 1. The van der Waals surface area contributed by atoms with Gasteiger partial charge in [0.15, 0.2) is 0 Å². The Morgan fingerprint density at radius 3 is 2.68 bits per heavy atom. The van der Waals surface area contributed by atoms with E-state index in [9.17, 15) is 0 Å². The zero-order valence-corrected chi connectivity index (χ0v) is 12.1. The Labute approximate surface area is 120 Å². The average molecular weight is 280 g/mol. The van der Waals surface area contributed by atoms with E-state index in [0.717, 1.165) is 32.1 Å². The van der Waals surface area contributed by atoms with Crippen molar-refractivity contribution < 1.29 is 0 Å². The van der Waals surface area contributed by atoms with Gasteiger partial charge in [-0.15, -0.1) is 0 Å². The highest BCUT2D eigenvalue weighted by Gasteiger charge is 2.33. The first-order valence-corrected chi connectivity index (χ1v) is 7.79. The van der Waals surface area contributed by atoms with Gasteiger partial charge in [-0.25, -0.2) is 4.98 Å².